The largest absolute Gasteiger partial charge is 0.306 e. The van der Waals surface area contributed by atoms with E-state index in [2.05, 4.69) is 32.8 Å². The van der Waals surface area contributed by atoms with Crippen molar-refractivity contribution in [3.63, 3.8) is 0 Å². The molecule has 0 aliphatic heterocycles. The Bertz CT molecular complexity index is 171. The van der Waals surface area contributed by atoms with E-state index >= 15 is 0 Å². The van der Waals surface area contributed by atoms with Crippen molar-refractivity contribution in [1.82, 2.24) is 4.90 Å². The Morgan fingerprint density at radius 1 is 0.650 bits per heavy atom. The summed E-state index contributed by atoms with van der Waals surface area (Å²) in [7, 11) is 4.43. The van der Waals surface area contributed by atoms with Crippen LogP contribution in [0.25, 0.3) is 0 Å². The smallest absolute Gasteiger partial charge is 0.00865 e. The number of rotatable bonds is 14. The molecule has 0 bridgehead atoms. The third-order valence-corrected chi connectivity index (χ3v) is 4.34. The van der Waals surface area contributed by atoms with Crippen molar-refractivity contribution in [2.75, 3.05) is 14.1 Å². The van der Waals surface area contributed by atoms with Gasteiger partial charge in [-0.3, -0.25) is 0 Å². The molecule has 1 atom stereocenters. The Labute approximate surface area is 139 Å². The fourth-order valence-electron chi connectivity index (χ4n) is 2.87. The molecule has 0 fully saturated rings. The van der Waals surface area contributed by atoms with Crippen LogP contribution in [0.2, 0.25) is 0 Å². The van der Waals surface area contributed by atoms with Crippen molar-refractivity contribution in [2.45, 2.75) is 103 Å². The van der Waals surface area contributed by atoms with Crippen molar-refractivity contribution in [2.24, 2.45) is 0 Å². The van der Waals surface area contributed by atoms with Crippen molar-refractivity contribution in [1.29, 1.82) is 0 Å². The molecule has 0 saturated carbocycles. The molecule has 1 unspecified atom stereocenters. The summed E-state index contributed by atoms with van der Waals surface area (Å²) in [6, 6.07) is 0.804. The van der Waals surface area contributed by atoms with E-state index < -0.39 is 0 Å². The SMILES string of the molecule is Br.CCCCCCCCCCCCCC(CC)N(C)C. The Balaban J connectivity index is 0. The predicted octanol–water partition coefficient (Wildman–Crippen LogP) is 6.61. The number of hydrogen-bond donors (Lipinski definition) is 0. The highest BCUT2D eigenvalue weighted by Crippen LogP contribution is 2.14. The van der Waals surface area contributed by atoms with Gasteiger partial charge in [0.15, 0.2) is 0 Å². The average Bonchev–Trinajstić information content (AvgIpc) is 2.40. The second kappa shape index (κ2) is 17.5. The van der Waals surface area contributed by atoms with Crippen molar-refractivity contribution in [3.05, 3.63) is 0 Å². The van der Waals surface area contributed by atoms with Gasteiger partial charge in [0.2, 0.25) is 0 Å². The van der Waals surface area contributed by atoms with Crippen LogP contribution in [0.5, 0.6) is 0 Å². The van der Waals surface area contributed by atoms with Crippen LogP contribution in [0.4, 0.5) is 0 Å². The van der Waals surface area contributed by atoms with Crippen LogP contribution in [0, 0.1) is 0 Å². The Hall–Kier alpha value is 0.440. The highest BCUT2D eigenvalue weighted by molar-refractivity contribution is 8.93. The summed E-state index contributed by atoms with van der Waals surface area (Å²) in [4.78, 5) is 2.39. The molecule has 124 valence electrons. The van der Waals surface area contributed by atoms with Crippen LogP contribution < -0.4 is 0 Å². The van der Waals surface area contributed by atoms with E-state index in [1.54, 1.807) is 0 Å². The van der Waals surface area contributed by atoms with Crippen LogP contribution in [-0.2, 0) is 0 Å². The zero-order chi connectivity index (χ0) is 14.3. The van der Waals surface area contributed by atoms with Gasteiger partial charge in [-0.2, -0.15) is 0 Å². The van der Waals surface area contributed by atoms with Crippen molar-refractivity contribution in [3.8, 4) is 0 Å². The maximum atomic E-state index is 2.39. The molecule has 0 aromatic heterocycles. The standard InChI is InChI=1S/C18H39N.BrH/c1-5-7-8-9-10-11-12-13-14-15-16-17-18(6-2)19(3)4;/h18H,5-17H2,1-4H3;1H. The molecular formula is C18H40BrN. The summed E-state index contributed by atoms with van der Waals surface area (Å²) in [5.74, 6) is 0. The normalized spacial score (nSPS) is 12.4. The van der Waals surface area contributed by atoms with Gasteiger partial charge >= 0.3 is 0 Å². The predicted molar refractivity (Wildman–Crippen MR) is 99.2 cm³/mol. The van der Waals surface area contributed by atoms with Gasteiger partial charge in [0.1, 0.15) is 0 Å². The van der Waals surface area contributed by atoms with Gasteiger partial charge < -0.3 is 4.90 Å². The molecular weight excluding hydrogens is 310 g/mol. The molecule has 0 aliphatic rings. The molecule has 1 nitrogen and oxygen atoms in total. The molecule has 0 heterocycles. The van der Waals surface area contributed by atoms with Gasteiger partial charge in [0.05, 0.1) is 0 Å². The highest BCUT2D eigenvalue weighted by atomic mass is 79.9. The van der Waals surface area contributed by atoms with E-state index in [-0.39, 0.29) is 17.0 Å². The first-order valence-electron chi connectivity index (χ1n) is 8.88. The zero-order valence-electron chi connectivity index (χ0n) is 14.6. The first-order valence-corrected chi connectivity index (χ1v) is 8.88. The van der Waals surface area contributed by atoms with Crippen LogP contribution in [0.15, 0.2) is 0 Å². The first-order chi connectivity index (χ1) is 9.22. The van der Waals surface area contributed by atoms with Crippen LogP contribution >= 0.6 is 17.0 Å². The molecule has 0 aromatic rings. The lowest BCUT2D eigenvalue weighted by Crippen LogP contribution is -2.26. The summed E-state index contributed by atoms with van der Waals surface area (Å²) in [5.41, 5.74) is 0. The number of hydrogen-bond acceptors (Lipinski definition) is 1. The Morgan fingerprint density at radius 3 is 1.40 bits per heavy atom. The average molecular weight is 350 g/mol. The molecule has 0 saturated heterocycles. The summed E-state index contributed by atoms with van der Waals surface area (Å²) in [5, 5.41) is 0. The van der Waals surface area contributed by atoms with Crippen LogP contribution in [-0.4, -0.2) is 25.0 Å². The molecule has 2 heteroatoms. The summed E-state index contributed by atoms with van der Waals surface area (Å²) >= 11 is 0. The molecule has 20 heavy (non-hydrogen) atoms. The Morgan fingerprint density at radius 2 is 1.05 bits per heavy atom. The minimum Gasteiger partial charge on any atom is -0.306 e. The second-order valence-electron chi connectivity index (χ2n) is 6.35. The Kier molecular flexibility index (Phi) is 19.9. The number of halogens is 1. The van der Waals surface area contributed by atoms with Crippen LogP contribution in [0.1, 0.15) is 97.3 Å². The van der Waals surface area contributed by atoms with E-state index in [4.69, 9.17) is 0 Å². The monoisotopic (exact) mass is 349 g/mol. The lowest BCUT2D eigenvalue weighted by Gasteiger charge is -2.22. The molecule has 0 rings (SSSR count). The third-order valence-electron chi connectivity index (χ3n) is 4.34. The minimum absolute atomic E-state index is 0. The first kappa shape index (κ1) is 22.7. The number of unbranched alkanes of at least 4 members (excludes halogenated alkanes) is 10. The van der Waals surface area contributed by atoms with Gasteiger partial charge in [-0.15, -0.1) is 17.0 Å². The fourth-order valence-corrected chi connectivity index (χ4v) is 2.87. The molecule has 0 aliphatic carbocycles. The lowest BCUT2D eigenvalue weighted by atomic mass is 10.0. The lowest BCUT2D eigenvalue weighted by molar-refractivity contribution is 0.264. The molecule has 0 N–H and O–H groups in total. The second-order valence-corrected chi connectivity index (χ2v) is 6.35. The summed E-state index contributed by atoms with van der Waals surface area (Å²) in [6.07, 6.45) is 18.6. The fraction of sp³-hybridized carbons (Fsp3) is 1.00. The number of nitrogens with zero attached hydrogens (tertiary/aromatic N) is 1. The van der Waals surface area contributed by atoms with Gasteiger partial charge in [0, 0.05) is 6.04 Å². The molecule has 0 aromatic carbocycles. The van der Waals surface area contributed by atoms with Gasteiger partial charge in [-0.1, -0.05) is 84.5 Å². The summed E-state index contributed by atoms with van der Waals surface area (Å²) in [6.45, 7) is 4.60. The molecule has 0 radical (unpaired) electrons. The molecule has 0 amide bonds. The van der Waals surface area contributed by atoms with E-state index in [9.17, 15) is 0 Å². The minimum atomic E-state index is 0. The van der Waals surface area contributed by atoms with Gasteiger partial charge in [-0.25, -0.2) is 0 Å². The van der Waals surface area contributed by atoms with Crippen molar-refractivity contribution < 1.29 is 0 Å². The quantitative estimate of drug-likeness (QED) is 0.319. The van der Waals surface area contributed by atoms with Gasteiger partial charge in [-0.05, 0) is 26.9 Å². The zero-order valence-corrected chi connectivity index (χ0v) is 16.3. The maximum absolute atomic E-state index is 2.39. The highest BCUT2D eigenvalue weighted by Gasteiger charge is 2.07. The third kappa shape index (κ3) is 14.8. The van der Waals surface area contributed by atoms with Crippen LogP contribution in [0.3, 0.4) is 0 Å². The van der Waals surface area contributed by atoms with E-state index in [0.717, 1.165) is 6.04 Å². The van der Waals surface area contributed by atoms with Crippen molar-refractivity contribution >= 4 is 17.0 Å². The molecule has 0 spiro atoms. The maximum Gasteiger partial charge on any atom is 0.00865 e. The van der Waals surface area contributed by atoms with Gasteiger partial charge in [0.25, 0.3) is 0 Å². The topological polar surface area (TPSA) is 3.24 Å². The van der Waals surface area contributed by atoms with E-state index in [0.29, 0.717) is 0 Å². The summed E-state index contributed by atoms with van der Waals surface area (Å²) < 4.78 is 0. The van der Waals surface area contributed by atoms with E-state index in [1.807, 2.05) is 0 Å². The van der Waals surface area contributed by atoms with E-state index in [1.165, 1.54) is 83.5 Å².